The van der Waals surface area contributed by atoms with Crippen LogP contribution in [0.4, 0.5) is 10.5 Å². The number of ketones is 1. The van der Waals surface area contributed by atoms with Crippen LogP contribution in [0.2, 0.25) is 0 Å². The van der Waals surface area contributed by atoms with Gasteiger partial charge in [-0.2, -0.15) is 0 Å². The van der Waals surface area contributed by atoms with Gasteiger partial charge in [0.15, 0.2) is 23.0 Å². The van der Waals surface area contributed by atoms with E-state index in [0.717, 1.165) is 59.7 Å². The smallest absolute Gasteiger partial charge is 0.319 e. The van der Waals surface area contributed by atoms with E-state index in [2.05, 4.69) is 59.6 Å². The Kier molecular flexibility index (Phi) is 10.1. The molecule has 3 heterocycles. The Morgan fingerprint density at radius 1 is 1.02 bits per heavy atom. The minimum atomic E-state index is -0.360. The summed E-state index contributed by atoms with van der Waals surface area (Å²) < 4.78 is 14.3. The Morgan fingerprint density at radius 3 is 2.47 bits per heavy atom. The summed E-state index contributed by atoms with van der Waals surface area (Å²) >= 11 is 0. The molecule has 6 rings (SSSR count). The first-order valence-corrected chi connectivity index (χ1v) is 16.2. The molecule has 250 valence electrons. The Labute approximate surface area is 282 Å². The topological polar surface area (TPSA) is 110 Å². The van der Waals surface area contributed by atoms with Crippen LogP contribution >= 0.6 is 12.4 Å². The van der Waals surface area contributed by atoms with E-state index in [1.165, 1.54) is 7.11 Å². The summed E-state index contributed by atoms with van der Waals surface area (Å²) in [4.78, 5) is 28.7. The fourth-order valence-corrected chi connectivity index (χ4v) is 6.70. The molecule has 47 heavy (non-hydrogen) atoms. The number of urea groups is 1. The quantitative estimate of drug-likeness (QED) is 0.187. The maximum Gasteiger partial charge on any atom is 0.319 e. The molecule has 1 saturated heterocycles. The third kappa shape index (κ3) is 6.94. The van der Waals surface area contributed by atoms with Gasteiger partial charge >= 0.3 is 6.03 Å². The van der Waals surface area contributed by atoms with Crippen LogP contribution in [0.5, 0.6) is 11.5 Å². The summed E-state index contributed by atoms with van der Waals surface area (Å²) in [7, 11) is 3.65. The number of methoxy groups -OCH3 is 1. The summed E-state index contributed by atoms with van der Waals surface area (Å²) in [5, 5.41) is 15.1. The molecule has 2 N–H and O–H groups in total. The van der Waals surface area contributed by atoms with Crippen molar-refractivity contribution < 1.29 is 19.1 Å². The first-order valence-electron chi connectivity index (χ1n) is 16.2. The number of anilines is 1. The molecule has 1 fully saturated rings. The second-order valence-corrected chi connectivity index (χ2v) is 13.4. The van der Waals surface area contributed by atoms with Gasteiger partial charge in [0.1, 0.15) is 11.9 Å². The molecule has 10 nitrogen and oxygen atoms in total. The molecule has 1 aliphatic carbocycles. The third-order valence-electron chi connectivity index (χ3n) is 9.27. The van der Waals surface area contributed by atoms with Gasteiger partial charge in [0.25, 0.3) is 0 Å². The highest BCUT2D eigenvalue weighted by molar-refractivity contribution is 6.02. The molecule has 0 saturated carbocycles. The SMILES string of the molecule is CCC(=O)c1cc(C(C)(C)C)cc(NC(=O)N[C@H]2CC[C@@H](Oc3ccc4nnc([C@@H]5CCCN5C)n4c3)c3ccccc32)c1OC.Cl. The number of benzene rings is 2. The average Bonchev–Trinajstić information content (AvgIpc) is 3.66. The van der Waals surface area contributed by atoms with Gasteiger partial charge in [-0.05, 0) is 85.6 Å². The molecule has 2 aromatic carbocycles. The van der Waals surface area contributed by atoms with E-state index < -0.39 is 0 Å². The first-order chi connectivity index (χ1) is 22.1. The monoisotopic (exact) mass is 660 g/mol. The highest BCUT2D eigenvalue weighted by atomic mass is 35.5. The van der Waals surface area contributed by atoms with E-state index >= 15 is 0 Å². The molecule has 2 amide bonds. The number of rotatable bonds is 8. The number of fused-ring (bicyclic) bond motifs is 2. The minimum Gasteiger partial charge on any atom is -0.494 e. The van der Waals surface area contributed by atoms with E-state index in [9.17, 15) is 9.59 Å². The van der Waals surface area contributed by atoms with Gasteiger partial charge in [0.2, 0.25) is 0 Å². The van der Waals surface area contributed by atoms with Crippen LogP contribution < -0.4 is 20.1 Å². The van der Waals surface area contributed by atoms with Crippen molar-refractivity contribution in [2.45, 2.75) is 83.4 Å². The van der Waals surface area contributed by atoms with Crippen LogP contribution in [0, 0.1) is 0 Å². The summed E-state index contributed by atoms with van der Waals surface area (Å²) in [6.45, 7) is 9.11. The number of hydrogen-bond acceptors (Lipinski definition) is 7. The fourth-order valence-electron chi connectivity index (χ4n) is 6.70. The largest absolute Gasteiger partial charge is 0.494 e. The molecule has 11 heteroatoms. The molecule has 0 spiro atoms. The Balaban J connectivity index is 0.00000433. The second-order valence-electron chi connectivity index (χ2n) is 13.4. The van der Waals surface area contributed by atoms with Crippen LogP contribution in [0.3, 0.4) is 0 Å². The van der Waals surface area contributed by atoms with E-state index in [4.69, 9.17) is 9.47 Å². The van der Waals surface area contributed by atoms with Crippen molar-refractivity contribution in [2.75, 3.05) is 26.0 Å². The van der Waals surface area contributed by atoms with Gasteiger partial charge in [-0.1, -0.05) is 52.0 Å². The van der Waals surface area contributed by atoms with Crippen molar-refractivity contribution in [3.05, 3.63) is 82.8 Å². The number of Topliss-reactive ketones (excluding diaryl/α,β-unsaturated/α-hetero) is 1. The molecular weight excluding hydrogens is 616 g/mol. The molecule has 0 radical (unpaired) electrons. The lowest BCUT2D eigenvalue weighted by atomic mass is 9.84. The summed E-state index contributed by atoms with van der Waals surface area (Å²) in [6, 6.07) is 15.4. The number of amides is 2. The lowest BCUT2D eigenvalue weighted by molar-refractivity contribution is 0.0985. The van der Waals surface area contributed by atoms with Crippen molar-refractivity contribution >= 4 is 35.6 Å². The number of aromatic nitrogens is 3. The predicted octanol–water partition coefficient (Wildman–Crippen LogP) is 7.59. The standard InChI is InChI=1S/C36H44N6O4.ClH/c1-7-30(43)26-19-22(36(2,3)4)20-28(33(26)45-6)38-35(44)37-27-15-16-31(25-12-9-8-11-24(25)27)46-23-14-17-32-39-40-34(42(32)21-23)29-13-10-18-41(29)5;/h8-9,11-12,14,17,19-21,27,29,31H,7,10,13,15-16,18H2,1-6H3,(H2,37,38,44);1H/t27-,29-,31+;/m0./s1. The molecule has 4 aromatic rings. The van der Waals surface area contributed by atoms with Crippen molar-refractivity contribution in [1.82, 2.24) is 24.8 Å². The molecule has 2 aromatic heterocycles. The lowest BCUT2D eigenvalue weighted by Crippen LogP contribution is -2.35. The highest BCUT2D eigenvalue weighted by Crippen LogP contribution is 2.40. The number of likely N-dealkylation sites (tertiary alicyclic amines) is 1. The van der Waals surface area contributed by atoms with Crippen molar-refractivity contribution in [1.29, 1.82) is 0 Å². The molecule has 1 aliphatic heterocycles. The van der Waals surface area contributed by atoms with Crippen LogP contribution in [-0.2, 0) is 5.41 Å². The maximum atomic E-state index is 13.5. The van der Waals surface area contributed by atoms with Crippen LogP contribution in [0.25, 0.3) is 5.65 Å². The number of halogens is 1. The van der Waals surface area contributed by atoms with E-state index in [1.54, 1.807) is 0 Å². The zero-order valence-corrected chi connectivity index (χ0v) is 28.8. The minimum absolute atomic E-state index is 0. The molecule has 0 bridgehead atoms. The summed E-state index contributed by atoms with van der Waals surface area (Å²) in [5.74, 6) is 2.03. The lowest BCUT2D eigenvalue weighted by Gasteiger charge is -2.32. The number of carbonyl (C=O) groups is 2. The van der Waals surface area contributed by atoms with Crippen LogP contribution in [0.1, 0.15) is 111 Å². The predicted molar refractivity (Wildman–Crippen MR) is 185 cm³/mol. The van der Waals surface area contributed by atoms with E-state index in [-0.39, 0.29) is 47.8 Å². The first kappa shape index (κ1) is 34.2. The van der Waals surface area contributed by atoms with Gasteiger partial charge in [0, 0.05) is 6.42 Å². The van der Waals surface area contributed by atoms with Gasteiger partial charge in [-0.15, -0.1) is 22.6 Å². The number of hydrogen-bond donors (Lipinski definition) is 2. The van der Waals surface area contributed by atoms with Crippen molar-refractivity contribution in [2.24, 2.45) is 0 Å². The number of carbonyl (C=O) groups excluding carboxylic acids is 2. The van der Waals surface area contributed by atoms with Gasteiger partial charge in [-0.3, -0.25) is 14.1 Å². The average molecular weight is 661 g/mol. The van der Waals surface area contributed by atoms with Crippen LogP contribution in [0.15, 0.2) is 54.7 Å². The summed E-state index contributed by atoms with van der Waals surface area (Å²) in [5.41, 5.74) is 4.52. The van der Waals surface area contributed by atoms with E-state index in [1.807, 2.05) is 60.0 Å². The van der Waals surface area contributed by atoms with Crippen LogP contribution in [-0.4, -0.2) is 52.0 Å². The third-order valence-corrected chi connectivity index (χ3v) is 9.27. The number of pyridine rings is 1. The van der Waals surface area contributed by atoms with Gasteiger partial charge < -0.3 is 20.1 Å². The van der Waals surface area contributed by atoms with Crippen molar-refractivity contribution in [3.63, 3.8) is 0 Å². The zero-order chi connectivity index (χ0) is 32.6. The summed E-state index contributed by atoms with van der Waals surface area (Å²) in [6.07, 6.45) is 5.79. The maximum absolute atomic E-state index is 13.5. The molecular formula is C36H45ClN6O4. The van der Waals surface area contributed by atoms with E-state index in [0.29, 0.717) is 29.8 Å². The number of ether oxygens (including phenoxy) is 2. The highest BCUT2D eigenvalue weighted by Gasteiger charge is 2.31. The Hall–Kier alpha value is -4.15. The van der Waals surface area contributed by atoms with Crippen molar-refractivity contribution in [3.8, 4) is 11.5 Å². The Morgan fingerprint density at radius 2 is 1.79 bits per heavy atom. The normalized spacial score (nSPS) is 19.5. The Bertz CT molecular complexity index is 1770. The number of nitrogens with one attached hydrogen (secondary N) is 2. The second kappa shape index (κ2) is 13.9. The number of nitrogens with zero attached hydrogens (tertiary/aromatic N) is 4. The van der Waals surface area contributed by atoms with Gasteiger partial charge in [-0.25, -0.2) is 4.79 Å². The van der Waals surface area contributed by atoms with Gasteiger partial charge in [0.05, 0.1) is 36.6 Å². The fraction of sp³-hybridized carbons (Fsp3) is 0.444. The molecule has 2 aliphatic rings. The molecule has 0 unspecified atom stereocenters. The molecule has 3 atom stereocenters. The zero-order valence-electron chi connectivity index (χ0n) is 28.0.